The number of pyridine rings is 1. The monoisotopic (exact) mass is 444 g/mol. The van der Waals surface area contributed by atoms with E-state index < -0.39 is 0 Å². The number of halogens is 1. The van der Waals surface area contributed by atoms with Crippen molar-refractivity contribution in [3.8, 4) is 22.6 Å². The van der Waals surface area contributed by atoms with E-state index in [1.807, 2.05) is 73.7 Å². The third-order valence-corrected chi connectivity index (χ3v) is 5.45. The van der Waals surface area contributed by atoms with Crippen molar-refractivity contribution in [1.29, 1.82) is 0 Å². The maximum Gasteiger partial charge on any atom is 0.169 e. The summed E-state index contributed by atoms with van der Waals surface area (Å²) in [6.07, 6.45) is 7.61. The van der Waals surface area contributed by atoms with Crippen LogP contribution >= 0.6 is 11.6 Å². The molecule has 0 aliphatic heterocycles. The van der Waals surface area contributed by atoms with E-state index in [1.165, 1.54) is 0 Å². The molecule has 0 saturated carbocycles. The van der Waals surface area contributed by atoms with Crippen LogP contribution in [0.5, 0.6) is 0 Å². The fraction of sp³-hybridized carbons (Fsp3) is 0.130. The molecule has 8 nitrogen and oxygen atoms in total. The lowest BCUT2D eigenvalue weighted by atomic mass is 10.0. The second-order valence-corrected chi connectivity index (χ2v) is 8.01. The van der Waals surface area contributed by atoms with Gasteiger partial charge in [-0.1, -0.05) is 17.7 Å². The highest BCUT2D eigenvalue weighted by Gasteiger charge is 2.19. The van der Waals surface area contributed by atoms with Crippen molar-refractivity contribution in [2.24, 2.45) is 14.1 Å². The number of nitrogens with zero attached hydrogens (tertiary/aromatic N) is 6. The molecule has 9 heteroatoms. The maximum absolute atomic E-state index is 6.56. The second kappa shape index (κ2) is 7.97. The lowest BCUT2D eigenvalue weighted by Gasteiger charge is -2.14. The average Bonchev–Trinajstić information content (AvgIpc) is 3.40. The number of anilines is 2. The van der Waals surface area contributed by atoms with Crippen molar-refractivity contribution in [3.05, 3.63) is 71.8 Å². The van der Waals surface area contributed by atoms with E-state index in [2.05, 4.69) is 20.4 Å². The van der Waals surface area contributed by atoms with E-state index >= 15 is 0 Å². The molecule has 1 aromatic carbocycles. The van der Waals surface area contributed by atoms with E-state index in [1.54, 1.807) is 10.9 Å². The Hall–Kier alpha value is -3.91. The van der Waals surface area contributed by atoms with Gasteiger partial charge in [0.15, 0.2) is 11.6 Å². The van der Waals surface area contributed by atoms with E-state index in [4.69, 9.17) is 22.3 Å². The van der Waals surface area contributed by atoms with Gasteiger partial charge in [-0.15, -0.1) is 0 Å². The fourth-order valence-corrected chi connectivity index (χ4v) is 3.91. The Balaban J connectivity index is 1.64. The van der Waals surface area contributed by atoms with Crippen LogP contribution in [0.3, 0.4) is 0 Å². The molecule has 0 aliphatic rings. The fourth-order valence-electron chi connectivity index (χ4n) is 3.64. The number of fused-ring (bicyclic) bond motifs is 1. The maximum atomic E-state index is 6.56. The summed E-state index contributed by atoms with van der Waals surface area (Å²) in [6, 6.07) is 11.6. The molecule has 0 saturated heterocycles. The molecule has 4 aromatic heterocycles. The van der Waals surface area contributed by atoms with Crippen LogP contribution in [0.25, 0.3) is 33.5 Å². The van der Waals surface area contributed by atoms with Crippen LogP contribution in [0.2, 0.25) is 5.02 Å². The summed E-state index contributed by atoms with van der Waals surface area (Å²) in [4.78, 5) is 13.9. The average molecular weight is 445 g/mol. The van der Waals surface area contributed by atoms with Gasteiger partial charge in [0, 0.05) is 56.4 Å². The molecule has 0 fully saturated rings. The van der Waals surface area contributed by atoms with Crippen LogP contribution < -0.4 is 11.1 Å². The summed E-state index contributed by atoms with van der Waals surface area (Å²) in [5, 5.41) is 9.27. The minimum Gasteiger partial charge on any atom is -0.381 e. The first-order valence-corrected chi connectivity index (χ1v) is 10.4. The van der Waals surface area contributed by atoms with Crippen LogP contribution in [-0.4, -0.2) is 29.3 Å². The van der Waals surface area contributed by atoms with Crippen molar-refractivity contribution in [1.82, 2.24) is 29.3 Å². The van der Waals surface area contributed by atoms with Crippen molar-refractivity contribution in [2.75, 3.05) is 11.1 Å². The molecule has 0 spiro atoms. The number of benzene rings is 1. The number of hydrogen-bond acceptors (Lipinski definition) is 6. The first-order valence-electron chi connectivity index (χ1n) is 10.0. The smallest absolute Gasteiger partial charge is 0.169 e. The van der Waals surface area contributed by atoms with Crippen LogP contribution in [0.1, 0.15) is 5.56 Å². The number of hydrogen-bond donors (Lipinski definition) is 2. The SMILES string of the molecule is Cn1ccc(CNc2nc(-c3cc(Cl)c4ncccc4c3)c(-c3ccn(C)n3)nc2N)c1. The van der Waals surface area contributed by atoms with Gasteiger partial charge in [-0.3, -0.25) is 9.67 Å². The Labute approximate surface area is 189 Å². The van der Waals surface area contributed by atoms with Crippen molar-refractivity contribution in [3.63, 3.8) is 0 Å². The van der Waals surface area contributed by atoms with E-state index in [0.717, 1.165) is 22.0 Å². The van der Waals surface area contributed by atoms with Crippen LogP contribution in [0.4, 0.5) is 11.6 Å². The van der Waals surface area contributed by atoms with E-state index in [-0.39, 0.29) is 0 Å². The molecule has 0 bridgehead atoms. The van der Waals surface area contributed by atoms with Crippen molar-refractivity contribution in [2.45, 2.75) is 6.54 Å². The van der Waals surface area contributed by atoms with Crippen molar-refractivity contribution >= 4 is 34.1 Å². The highest BCUT2D eigenvalue weighted by molar-refractivity contribution is 6.35. The number of aromatic nitrogens is 6. The molecule has 3 N–H and O–H groups in total. The summed E-state index contributed by atoms with van der Waals surface area (Å²) < 4.78 is 3.71. The predicted octanol–water partition coefficient (Wildman–Crippen LogP) is 4.28. The topological polar surface area (TPSA) is 99.5 Å². The predicted molar refractivity (Wildman–Crippen MR) is 127 cm³/mol. The first-order chi connectivity index (χ1) is 15.5. The molecule has 32 heavy (non-hydrogen) atoms. The lowest BCUT2D eigenvalue weighted by molar-refractivity contribution is 0.770. The molecule has 0 atom stereocenters. The highest BCUT2D eigenvalue weighted by atomic mass is 35.5. The van der Waals surface area contributed by atoms with Gasteiger partial charge in [0.25, 0.3) is 0 Å². The van der Waals surface area contributed by atoms with Crippen molar-refractivity contribution < 1.29 is 0 Å². The lowest BCUT2D eigenvalue weighted by Crippen LogP contribution is -2.08. The van der Waals surface area contributed by atoms with Gasteiger partial charge in [0.1, 0.15) is 17.1 Å². The normalized spacial score (nSPS) is 11.2. The summed E-state index contributed by atoms with van der Waals surface area (Å²) in [6.45, 7) is 0.574. The molecular formula is C23H21ClN8. The summed E-state index contributed by atoms with van der Waals surface area (Å²) in [7, 11) is 3.84. The first kappa shape index (κ1) is 20.0. The summed E-state index contributed by atoms with van der Waals surface area (Å²) in [5.74, 6) is 0.810. The zero-order chi connectivity index (χ0) is 22.2. The van der Waals surface area contributed by atoms with E-state index in [9.17, 15) is 0 Å². The van der Waals surface area contributed by atoms with Gasteiger partial charge in [-0.05, 0) is 35.9 Å². The van der Waals surface area contributed by atoms with Crippen LogP contribution in [0, 0.1) is 0 Å². The second-order valence-electron chi connectivity index (χ2n) is 7.60. The number of rotatable bonds is 5. The minimum absolute atomic E-state index is 0.305. The molecule has 5 aromatic rings. The molecule has 160 valence electrons. The van der Waals surface area contributed by atoms with Gasteiger partial charge in [0.2, 0.25) is 0 Å². The number of nitrogen functional groups attached to an aromatic ring is 1. The molecule has 0 aliphatic carbocycles. The number of aryl methyl sites for hydroxylation is 2. The Bertz CT molecular complexity index is 1440. The zero-order valence-corrected chi connectivity index (χ0v) is 18.4. The van der Waals surface area contributed by atoms with Gasteiger partial charge >= 0.3 is 0 Å². The van der Waals surface area contributed by atoms with Crippen LogP contribution in [0.15, 0.2) is 61.2 Å². The standard InChI is InChI=1S/C23H21ClN8/c1-31-8-5-14(13-31)12-27-23-22(25)28-21(18-6-9-32(2)30-18)20(29-23)16-10-15-4-3-7-26-19(15)17(24)11-16/h3-11,13H,12H2,1-2H3,(H2,25,28)(H,27,29). The molecule has 4 heterocycles. The van der Waals surface area contributed by atoms with Gasteiger partial charge in [-0.25, -0.2) is 9.97 Å². The third-order valence-electron chi connectivity index (χ3n) is 5.16. The van der Waals surface area contributed by atoms with E-state index in [0.29, 0.717) is 40.3 Å². The molecule has 0 amide bonds. The molecule has 0 unspecified atom stereocenters. The molecule has 5 rings (SSSR count). The molecule has 0 radical (unpaired) electrons. The highest BCUT2D eigenvalue weighted by Crippen LogP contribution is 2.35. The van der Waals surface area contributed by atoms with Gasteiger partial charge in [-0.2, -0.15) is 5.10 Å². The molecular weight excluding hydrogens is 424 g/mol. The van der Waals surface area contributed by atoms with Crippen LogP contribution in [-0.2, 0) is 20.6 Å². The summed E-state index contributed by atoms with van der Waals surface area (Å²) >= 11 is 6.56. The number of nitrogens with two attached hydrogens (primary N) is 1. The minimum atomic E-state index is 0.305. The third kappa shape index (κ3) is 3.76. The summed E-state index contributed by atoms with van der Waals surface area (Å²) in [5.41, 5.74) is 10.9. The quantitative estimate of drug-likeness (QED) is 0.419. The number of nitrogens with one attached hydrogen (secondary N) is 1. The Kier molecular flexibility index (Phi) is 4.99. The Morgan fingerprint density at radius 3 is 2.69 bits per heavy atom. The largest absolute Gasteiger partial charge is 0.381 e. The Morgan fingerprint density at radius 1 is 1.06 bits per heavy atom. The van der Waals surface area contributed by atoms with Gasteiger partial charge in [0.05, 0.1) is 10.5 Å². The zero-order valence-electron chi connectivity index (χ0n) is 17.6. The Morgan fingerprint density at radius 2 is 1.94 bits per heavy atom. The van der Waals surface area contributed by atoms with Gasteiger partial charge < -0.3 is 15.6 Å².